The van der Waals surface area contributed by atoms with Crippen LogP contribution in [0.25, 0.3) is 11.3 Å². The zero-order valence-corrected chi connectivity index (χ0v) is 17.0. The second-order valence-electron chi connectivity index (χ2n) is 7.34. The molecule has 0 aliphatic rings. The summed E-state index contributed by atoms with van der Waals surface area (Å²) in [6.07, 6.45) is 0. The number of benzene rings is 2. The summed E-state index contributed by atoms with van der Waals surface area (Å²) in [7, 11) is 0. The van der Waals surface area contributed by atoms with E-state index < -0.39 is 17.3 Å². The molecule has 2 amide bonds. The van der Waals surface area contributed by atoms with Gasteiger partial charge in [-0.1, -0.05) is 23.5 Å². The van der Waals surface area contributed by atoms with Crippen molar-refractivity contribution in [1.82, 2.24) is 4.98 Å². The van der Waals surface area contributed by atoms with E-state index in [9.17, 15) is 14.0 Å². The summed E-state index contributed by atoms with van der Waals surface area (Å²) in [6.45, 7) is 5.30. The largest absolute Gasteiger partial charge is 0.397 e. The number of hydrogen-bond donors (Lipinski definition) is 1. The van der Waals surface area contributed by atoms with Gasteiger partial charge in [0.05, 0.1) is 22.5 Å². The quantitative estimate of drug-likeness (QED) is 0.602. The van der Waals surface area contributed by atoms with Crippen LogP contribution in [0.4, 0.5) is 20.6 Å². The number of esters is 1. The fourth-order valence-electron chi connectivity index (χ4n) is 2.47. The van der Waals surface area contributed by atoms with Crippen molar-refractivity contribution in [3.8, 4) is 16.5 Å². The van der Waals surface area contributed by atoms with Gasteiger partial charge in [-0.3, -0.25) is 9.69 Å². The maximum absolute atomic E-state index is 13.2. The summed E-state index contributed by atoms with van der Waals surface area (Å²) in [6, 6.07) is 11.8. The van der Waals surface area contributed by atoms with Crippen molar-refractivity contribution >= 4 is 34.7 Å². The molecule has 0 unspecified atom stereocenters. The summed E-state index contributed by atoms with van der Waals surface area (Å²) < 4.78 is 18.6. The molecular weight excluding hydrogens is 393 g/mol. The third-order valence-corrected chi connectivity index (χ3v) is 4.70. The van der Waals surface area contributed by atoms with Crippen LogP contribution >= 0.6 is 11.3 Å². The molecule has 1 heterocycles. The lowest BCUT2D eigenvalue weighted by Gasteiger charge is -2.21. The van der Waals surface area contributed by atoms with Crippen molar-refractivity contribution in [3.05, 3.63) is 59.7 Å². The summed E-state index contributed by atoms with van der Waals surface area (Å²) in [5.74, 6) is -0.782. The number of halogens is 1. The number of anilines is 2. The first-order valence-corrected chi connectivity index (χ1v) is 9.66. The number of amides is 2. The van der Waals surface area contributed by atoms with Crippen LogP contribution in [0.3, 0.4) is 0 Å². The first-order valence-electron chi connectivity index (χ1n) is 8.78. The maximum Gasteiger partial charge on any atom is 0.323 e. The van der Waals surface area contributed by atoms with Gasteiger partial charge in [-0.2, -0.15) is 0 Å². The molecule has 0 aliphatic carbocycles. The Bertz CT molecular complexity index is 1040. The molecule has 2 aromatic carbocycles. The molecule has 150 valence electrons. The van der Waals surface area contributed by atoms with E-state index in [0.29, 0.717) is 22.6 Å². The Morgan fingerprint density at radius 1 is 1.10 bits per heavy atom. The van der Waals surface area contributed by atoms with E-state index in [-0.39, 0.29) is 11.2 Å². The van der Waals surface area contributed by atoms with Gasteiger partial charge in [0.25, 0.3) is 5.19 Å². The van der Waals surface area contributed by atoms with Crippen molar-refractivity contribution in [2.45, 2.75) is 20.8 Å². The third kappa shape index (κ3) is 4.78. The van der Waals surface area contributed by atoms with Crippen LogP contribution in [-0.2, 0) is 4.79 Å². The summed E-state index contributed by atoms with van der Waals surface area (Å²) in [5, 5.41) is 2.01. The highest BCUT2D eigenvalue weighted by atomic mass is 32.1. The Kier molecular flexibility index (Phi) is 5.65. The Balaban J connectivity index is 1.90. The van der Waals surface area contributed by atoms with E-state index >= 15 is 0 Å². The maximum atomic E-state index is 13.2. The normalized spacial score (nSPS) is 11.2. The van der Waals surface area contributed by atoms with Gasteiger partial charge in [-0.25, -0.2) is 14.2 Å². The minimum absolute atomic E-state index is 0.246. The van der Waals surface area contributed by atoms with Crippen LogP contribution in [0.5, 0.6) is 5.19 Å². The Labute approximate surface area is 171 Å². The fourth-order valence-corrected chi connectivity index (χ4v) is 3.14. The van der Waals surface area contributed by atoms with Gasteiger partial charge in [0.1, 0.15) is 5.82 Å². The molecule has 0 saturated carbocycles. The van der Waals surface area contributed by atoms with Crippen LogP contribution < -0.4 is 15.4 Å². The van der Waals surface area contributed by atoms with Crippen molar-refractivity contribution in [2.75, 3.05) is 4.90 Å². The van der Waals surface area contributed by atoms with Crippen LogP contribution in [-0.4, -0.2) is 17.0 Å². The number of thiazole rings is 1. The molecule has 0 atom stereocenters. The number of hydrogen-bond acceptors (Lipinski definition) is 5. The zero-order chi connectivity index (χ0) is 21.2. The first kappa shape index (κ1) is 20.5. The number of ether oxygens (including phenoxy) is 1. The minimum atomic E-state index is -0.702. The van der Waals surface area contributed by atoms with Gasteiger partial charge < -0.3 is 10.5 Å². The molecule has 0 radical (unpaired) electrons. The topological polar surface area (TPSA) is 85.5 Å². The Morgan fingerprint density at radius 2 is 1.79 bits per heavy atom. The highest BCUT2D eigenvalue weighted by Gasteiger charge is 2.25. The second kappa shape index (κ2) is 8.00. The van der Waals surface area contributed by atoms with Gasteiger partial charge in [0, 0.05) is 10.9 Å². The Hall–Kier alpha value is -3.26. The monoisotopic (exact) mass is 413 g/mol. The lowest BCUT2D eigenvalue weighted by Crippen LogP contribution is -2.31. The molecule has 0 spiro atoms. The SMILES string of the molecule is CC(C)(C)C(=O)Oc1nc(-c2cccc(N(C(N)=O)c3ccc(F)cc3)c2)cs1. The summed E-state index contributed by atoms with van der Waals surface area (Å²) in [4.78, 5) is 29.7. The number of urea groups is 1. The zero-order valence-electron chi connectivity index (χ0n) is 16.2. The molecule has 29 heavy (non-hydrogen) atoms. The van der Waals surface area contributed by atoms with Crippen molar-refractivity contribution in [3.63, 3.8) is 0 Å². The third-order valence-electron chi connectivity index (χ3n) is 3.98. The highest BCUT2D eigenvalue weighted by molar-refractivity contribution is 7.11. The van der Waals surface area contributed by atoms with Gasteiger partial charge in [0.2, 0.25) is 0 Å². The predicted molar refractivity (Wildman–Crippen MR) is 111 cm³/mol. The van der Waals surface area contributed by atoms with Crippen LogP contribution in [0.1, 0.15) is 20.8 Å². The molecule has 3 aromatic rings. The standard InChI is InChI=1S/C21H20FN3O3S/c1-21(2,3)18(26)28-20-24-17(12-29-20)13-5-4-6-16(11-13)25(19(23)27)15-9-7-14(22)8-10-15/h4-12H,1-3H3,(H2,23,27). The summed E-state index contributed by atoms with van der Waals surface area (Å²) in [5.41, 5.74) is 7.16. The van der Waals surface area contributed by atoms with Gasteiger partial charge in [-0.05, 0) is 57.2 Å². The van der Waals surface area contributed by atoms with E-state index in [1.807, 2.05) is 6.07 Å². The van der Waals surface area contributed by atoms with Gasteiger partial charge >= 0.3 is 12.0 Å². The predicted octanol–water partition coefficient (Wildman–Crippen LogP) is 5.12. The van der Waals surface area contributed by atoms with Crippen molar-refractivity contribution in [2.24, 2.45) is 11.1 Å². The molecule has 0 aliphatic heterocycles. The van der Waals surface area contributed by atoms with E-state index in [1.54, 1.807) is 44.4 Å². The number of carbonyl (C=O) groups excluding carboxylic acids is 2. The smallest absolute Gasteiger partial charge is 0.323 e. The van der Waals surface area contributed by atoms with Crippen molar-refractivity contribution in [1.29, 1.82) is 0 Å². The molecular formula is C21H20FN3O3S. The van der Waals surface area contributed by atoms with Gasteiger partial charge in [0.15, 0.2) is 0 Å². The van der Waals surface area contributed by atoms with Crippen LogP contribution in [0.15, 0.2) is 53.9 Å². The number of rotatable bonds is 4. The van der Waals surface area contributed by atoms with E-state index in [2.05, 4.69) is 4.98 Å². The molecule has 0 saturated heterocycles. The van der Waals surface area contributed by atoms with E-state index in [0.717, 1.165) is 0 Å². The highest BCUT2D eigenvalue weighted by Crippen LogP contribution is 2.32. The molecule has 2 N–H and O–H groups in total. The van der Waals surface area contributed by atoms with E-state index in [4.69, 9.17) is 10.5 Å². The van der Waals surface area contributed by atoms with Gasteiger partial charge in [-0.15, -0.1) is 0 Å². The average Bonchev–Trinajstić information content (AvgIpc) is 3.11. The average molecular weight is 413 g/mol. The molecule has 0 bridgehead atoms. The lowest BCUT2D eigenvalue weighted by atomic mass is 9.98. The Morgan fingerprint density at radius 3 is 2.41 bits per heavy atom. The fraction of sp³-hybridized carbons (Fsp3) is 0.190. The second-order valence-corrected chi connectivity index (χ2v) is 8.16. The summed E-state index contributed by atoms with van der Waals surface area (Å²) >= 11 is 1.21. The first-order chi connectivity index (χ1) is 13.6. The molecule has 3 rings (SSSR count). The molecule has 0 fully saturated rings. The van der Waals surface area contributed by atoms with Crippen LogP contribution in [0, 0.1) is 11.2 Å². The van der Waals surface area contributed by atoms with Crippen LogP contribution in [0.2, 0.25) is 0 Å². The molecule has 8 heteroatoms. The van der Waals surface area contributed by atoms with E-state index in [1.165, 1.54) is 40.5 Å². The molecule has 1 aromatic heterocycles. The number of primary amides is 1. The van der Waals surface area contributed by atoms with Crippen molar-refractivity contribution < 1.29 is 18.7 Å². The molecule has 6 nitrogen and oxygen atoms in total. The lowest BCUT2D eigenvalue weighted by molar-refractivity contribution is -0.142. The number of carbonyl (C=O) groups is 2. The number of nitrogens with zero attached hydrogens (tertiary/aromatic N) is 2. The minimum Gasteiger partial charge on any atom is -0.397 e. The number of aromatic nitrogens is 1. The number of nitrogens with two attached hydrogens (primary N) is 1.